The molecule has 0 amide bonds. The van der Waals surface area contributed by atoms with Crippen molar-refractivity contribution < 1.29 is 31.5 Å². The Kier molecular flexibility index (Phi) is 5.41. The molecule has 0 unspecified atom stereocenters. The predicted molar refractivity (Wildman–Crippen MR) is 96.2 cm³/mol. The number of halogens is 2. The number of hydrogen-bond acceptors (Lipinski definition) is 5. The zero-order chi connectivity index (χ0) is 20.3. The van der Waals surface area contributed by atoms with Crippen LogP contribution in [0.25, 0.3) is 0 Å². The Morgan fingerprint density at radius 1 is 0.821 bits per heavy atom. The van der Waals surface area contributed by atoms with Crippen LogP contribution >= 0.6 is 0 Å². The highest BCUT2D eigenvalue weighted by Crippen LogP contribution is 2.25. The van der Waals surface area contributed by atoms with E-state index >= 15 is 0 Å². The minimum atomic E-state index is -3.78. The standard InChI is InChI=1S/C20H14F2O5S/c1-26-14-3-7-16(8-4-14)28(24,25)17-9-5-15(6-10-17)27-20(23)18-12-13(21)2-11-19(18)22/h2-12H,1H3. The fraction of sp³-hybridized carbons (Fsp3) is 0.0500. The molecule has 0 radical (unpaired) electrons. The van der Waals surface area contributed by atoms with Gasteiger partial charge in [-0.05, 0) is 66.7 Å². The van der Waals surface area contributed by atoms with Crippen LogP contribution in [0.5, 0.6) is 11.5 Å². The monoisotopic (exact) mass is 404 g/mol. The molecule has 28 heavy (non-hydrogen) atoms. The molecule has 8 heteroatoms. The summed E-state index contributed by atoms with van der Waals surface area (Å²) in [6.07, 6.45) is 0. The number of sulfone groups is 1. The van der Waals surface area contributed by atoms with Crippen molar-refractivity contribution in [3.63, 3.8) is 0 Å². The van der Waals surface area contributed by atoms with Crippen LogP contribution in [-0.4, -0.2) is 21.5 Å². The van der Waals surface area contributed by atoms with Crippen molar-refractivity contribution in [2.24, 2.45) is 0 Å². The summed E-state index contributed by atoms with van der Waals surface area (Å²) in [6, 6.07) is 13.3. The van der Waals surface area contributed by atoms with E-state index in [1.54, 1.807) is 0 Å². The van der Waals surface area contributed by atoms with Gasteiger partial charge in [0.1, 0.15) is 23.1 Å². The quantitative estimate of drug-likeness (QED) is 0.474. The van der Waals surface area contributed by atoms with E-state index in [1.807, 2.05) is 0 Å². The number of esters is 1. The van der Waals surface area contributed by atoms with Crippen molar-refractivity contribution in [1.82, 2.24) is 0 Å². The number of carbonyl (C=O) groups excluding carboxylic acids is 1. The van der Waals surface area contributed by atoms with Crippen LogP contribution in [0.3, 0.4) is 0 Å². The van der Waals surface area contributed by atoms with Crippen LogP contribution in [0, 0.1) is 11.6 Å². The first-order valence-corrected chi connectivity index (χ1v) is 9.46. The second-order valence-corrected chi connectivity index (χ2v) is 7.61. The number of rotatable bonds is 5. The largest absolute Gasteiger partial charge is 0.497 e. The van der Waals surface area contributed by atoms with Crippen LogP contribution in [0.1, 0.15) is 10.4 Å². The summed E-state index contributed by atoms with van der Waals surface area (Å²) in [6.45, 7) is 0. The number of methoxy groups -OCH3 is 1. The Morgan fingerprint density at radius 3 is 1.89 bits per heavy atom. The minimum absolute atomic E-state index is 0.0117. The van der Waals surface area contributed by atoms with Crippen LogP contribution in [0.15, 0.2) is 76.5 Å². The van der Waals surface area contributed by atoms with Gasteiger partial charge in [-0.1, -0.05) is 0 Å². The third-order valence-electron chi connectivity index (χ3n) is 3.86. The Morgan fingerprint density at radius 2 is 1.36 bits per heavy atom. The van der Waals surface area contributed by atoms with Gasteiger partial charge >= 0.3 is 5.97 Å². The molecule has 3 aromatic rings. The third kappa shape index (κ3) is 4.01. The fourth-order valence-electron chi connectivity index (χ4n) is 2.39. The molecule has 144 valence electrons. The number of hydrogen-bond donors (Lipinski definition) is 0. The Balaban J connectivity index is 1.80. The molecule has 0 N–H and O–H groups in total. The maximum absolute atomic E-state index is 13.6. The van der Waals surface area contributed by atoms with Gasteiger partial charge in [-0.3, -0.25) is 0 Å². The van der Waals surface area contributed by atoms with Gasteiger partial charge in [-0.2, -0.15) is 0 Å². The van der Waals surface area contributed by atoms with Gasteiger partial charge in [0.15, 0.2) is 0 Å². The molecule has 0 bridgehead atoms. The lowest BCUT2D eigenvalue weighted by Gasteiger charge is -2.08. The molecule has 0 saturated carbocycles. The van der Waals surface area contributed by atoms with E-state index in [0.29, 0.717) is 5.75 Å². The Labute approximate surface area is 160 Å². The second kappa shape index (κ2) is 7.77. The molecule has 3 aromatic carbocycles. The third-order valence-corrected chi connectivity index (χ3v) is 5.65. The molecule has 0 aliphatic heterocycles. The molecule has 5 nitrogen and oxygen atoms in total. The molecular formula is C20H14F2O5S. The summed E-state index contributed by atoms with van der Waals surface area (Å²) in [5.41, 5.74) is -0.560. The minimum Gasteiger partial charge on any atom is -0.497 e. The smallest absolute Gasteiger partial charge is 0.346 e. The Bertz CT molecular complexity index is 1110. The topological polar surface area (TPSA) is 69.7 Å². The van der Waals surface area contributed by atoms with E-state index in [1.165, 1.54) is 55.6 Å². The lowest BCUT2D eigenvalue weighted by molar-refractivity contribution is 0.0729. The van der Waals surface area contributed by atoms with E-state index < -0.39 is 33.0 Å². The first-order valence-electron chi connectivity index (χ1n) is 7.98. The lowest BCUT2D eigenvalue weighted by Crippen LogP contribution is -2.11. The maximum atomic E-state index is 13.6. The SMILES string of the molecule is COc1ccc(S(=O)(=O)c2ccc(OC(=O)c3cc(F)ccc3F)cc2)cc1. The van der Waals surface area contributed by atoms with Crippen molar-refractivity contribution >= 4 is 15.8 Å². The van der Waals surface area contributed by atoms with Crippen molar-refractivity contribution in [3.05, 3.63) is 83.9 Å². The van der Waals surface area contributed by atoms with Crippen molar-refractivity contribution in [3.8, 4) is 11.5 Å². The van der Waals surface area contributed by atoms with Gasteiger partial charge in [0.05, 0.1) is 22.5 Å². The molecule has 3 rings (SSSR count). The van der Waals surface area contributed by atoms with E-state index in [-0.39, 0.29) is 15.5 Å². The van der Waals surface area contributed by atoms with Gasteiger partial charge in [-0.15, -0.1) is 0 Å². The molecule has 0 atom stereocenters. The molecule has 0 aliphatic carbocycles. The molecule has 0 heterocycles. The highest BCUT2D eigenvalue weighted by Gasteiger charge is 2.19. The molecule has 0 aliphatic rings. The lowest BCUT2D eigenvalue weighted by atomic mass is 10.2. The number of ether oxygens (including phenoxy) is 2. The molecule has 0 spiro atoms. The first kappa shape index (κ1) is 19.5. The van der Waals surface area contributed by atoms with Gasteiger partial charge in [0.2, 0.25) is 9.84 Å². The average Bonchev–Trinajstić information content (AvgIpc) is 2.70. The van der Waals surface area contributed by atoms with Crippen LogP contribution in [-0.2, 0) is 9.84 Å². The Hall–Kier alpha value is -3.26. The molecule has 0 saturated heterocycles. The molecule has 0 aromatic heterocycles. The van der Waals surface area contributed by atoms with Gasteiger partial charge in [-0.25, -0.2) is 22.0 Å². The van der Waals surface area contributed by atoms with Gasteiger partial charge < -0.3 is 9.47 Å². The summed E-state index contributed by atoms with van der Waals surface area (Å²) in [7, 11) is -2.31. The predicted octanol–water partition coefficient (Wildman–Crippen LogP) is 4.03. The first-order chi connectivity index (χ1) is 13.3. The molecule has 0 fully saturated rings. The highest BCUT2D eigenvalue weighted by atomic mass is 32.2. The summed E-state index contributed by atoms with van der Waals surface area (Å²) >= 11 is 0. The highest BCUT2D eigenvalue weighted by molar-refractivity contribution is 7.91. The van der Waals surface area contributed by atoms with Gasteiger partial charge in [0.25, 0.3) is 0 Å². The van der Waals surface area contributed by atoms with Crippen LogP contribution < -0.4 is 9.47 Å². The van der Waals surface area contributed by atoms with Crippen LogP contribution in [0.4, 0.5) is 8.78 Å². The summed E-state index contributed by atoms with van der Waals surface area (Å²) < 4.78 is 62.1. The van der Waals surface area contributed by atoms with E-state index in [0.717, 1.165) is 18.2 Å². The fourth-order valence-corrected chi connectivity index (χ4v) is 3.65. The average molecular weight is 404 g/mol. The zero-order valence-corrected chi connectivity index (χ0v) is 15.4. The summed E-state index contributed by atoms with van der Waals surface area (Å²) in [5.74, 6) is -2.30. The summed E-state index contributed by atoms with van der Waals surface area (Å²) in [4.78, 5) is 12.0. The van der Waals surface area contributed by atoms with Gasteiger partial charge in [0, 0.05) is 0 Å². The number of benzene rings is 3. The van der Waals surface area contributed by atoms with Crippen molar-refractivity contribution in [1.29, 1.82) is 0 Å². The molecular weight excluding hydrogens is 390 g/mol. The van der Waals surface area contributed by atoms with E-state index in [9.17, 15) is 22.0 Å². The maximum Gasteiger partial charge on any atom is 0.346 e. The van der Waals surface area contributed by atoms with E-state index in [4.69, 9.17) is 9.47 Å². The zero-order valence-electron chi connectivity index (χ0n) is 14.6. The van der Waals surface area contributed by atoms with E-state index in [2.05, 4.69) is 0 Å². The van der Waals surface area contributed by atoms with Crippen molar-refractivity contribution in [2.45, 2.75) is 9.79 Å². The number of carbonyl (C=O) groups is 1. The second-order valence-electron chi connectivity index (χ2n) is 5.66. The van der Waals surface area contributed by atoms with Crippen LogP contribution in [0.2, 0.25) is 0 Å². The normalized spacial score (nSPS) is 11.1. The van der Waals surface area contributed by atoms with Crippen molar-refractivity contribution in [2.75, 3.05) is 7.11 Å². The summed E-state index contributed by atoms with van der Waals surface area (Å²) in [5, 5.41) is 0.